The number of hydrazone groups is 4. The standard InChI is InChI=1S/2C26H24N6O4.5CH4O.2ClHO4.2Dy.3H2O/c2*1-35-21-11-3-7-17(25(21)33)15-27-31-23-13-5-9-19(29-23)20-10-6-14-24(30-20)32-28-16-18-8-4-12-22(36-2)26(18)34;5*1-2;2*2-1(3,4)5;;;;;/h2*3-16,33-34H,1-2H3,(H,29,31)(H,30,32);5*2H,1H3;2*(H,2,3,4,5);;;3*1H2/q;;;;;;;;;2*+3;;;/p-5/b2*27-15+,28-16+;;;;;;;;;;;;. The SMILES string of the molecule is CO.CO.CO.CO.CO.COc1cccc(/C=N/Nc2cccc(-c3cccc(N/N=C/c4cccc(OC)c4[O-])n3)n2)c1[O-].COc1cccc(/C=N/Nc2cccc(-c3cccc(N/N=C/c4cccc(OC)c4[O-])n3)n2)c1[O-].O.O.[Dy+3].[Dy+3].[O-][Cl+3]([O-])([O-])[O-].[O-][Cl+3]([O-])([O-])[O-].[OH3+]. The molecular formula is C57H71Cl2Dy2N12O24+. The van der Waals surface area contributed by atoms with Crippen molar-refractivity contribution in [3.63, 3.8) is 0 Å². The van der Waals surface area contributed by atoms with Gasteiger partial charge in [0.05, 0.1) is 76.1 Å². The zero-order chi connectivity index (χ0) is 69.7. The van der Waals surface area contributed by atoms with Crippen molar-refractivity contribution in [2.75, 3.05) is 85.7 Å². The van der Waals surface area contributed by atoms with Gasteiger partial charge in [0.1, 0.15) is 46.3 Å². The van der Waals surface area contributed by atoms with Crippen molar-refractivity contribution >= 4 is 48.1 Å². The van der Waals surface area contributed by atoms with Crippen molar-refractivity contribution in [3.8, 4) is 68.8 Å². The predicted molar refractivity (Wildman–Crippen MR) is 322 cm³/mol. The van der Waals surface area contributed by atoms with Crippen molar-refractivity contribution in [1.82, 2.24) is 19.9 Å². The first-order valence-corrected chi connectivity index (χ1v) is 27.5. The van der Waals surface area contributed by atoms with Gasteiger partial charge in [0.25, 0.3) is 0 Å². The fourth-order valence-electron chi connectivity index (χ4n) is 6.41. The number of methoxy groups -OCH3 is 4. The number of aliphatic hydroxyl groups is 5. The van der Waals surface area contributed by atoms with E-state index in [1.807, 2.05) is 48.5 Å². The number of hydrogen-bond donors (Lipinski definition) is 9. The molecule has 0 fully saturated rings. The molecule has 0 amide bonds. The molecule has 0 spiro atoms. The van der Waals surface area contributed by atoms with Crippen LogP contribution in [0.25, 0.3) is 22.8 Å². The van der Waals surface area contributed by atoms with Gasteiger partial charge in [-0.1, -0.05) is 95.8 Å². The molecule has 0 saturated heterocycles. The van der Waals surface area contributed by atoms with Gasteiger partial charge in [-0.3, -0.25) is 21.7 Å². The van der Waals surface area contributed by atoms with Crippen LogP contribution < -0.4 is 98.3 Å². The summed E-state index contributed by atoms with van der Waals surface area (Å²) in [5.74, 6) is 1.89. The van der Waals surface area contributed by atoms with E-state index in [-0.39, 0.29) is 139 Å². The Labute approximate surface area is 621 Å². The molecule has 8 aromatic rings. The molecular weight excluding hydrogens is 1630 g/mol. The molecule has 0 aliphatic carbocycles. The van der Waals surface area contributed by atoms with E-state index in [4.69, 9.17) is 81.8 Å². The van der Waals surface area contributed by atoms with Gasteiger partial charge in [-0.05, 0) is 95.1 Å². The Bertz CT molecular complexity index is 3060. The number of rotatable bonds is 18. The summed E-state index contributed by atoms with van der Waals surface area (Å²) in [6.07, 6.45) is 5.65. The first-order valence-electron chi connectivity index (χ1n) is 25.1. The quantitative estimate of drug-likeness (QED) is 0.0219. The zero-order valence-electron chi connectivity index (χ0n) is 52.5. The topological polar surface area (TPSA) is 660 Å². The number of halogens is 2. The monoisotopic (exact) mass is 1710 g/mol. The van der Waals surface area contributed by atoms with Crippen molar-refractivity contribution in [2.24, 2.45) is 20.4 Å². The summed E-state index contributed by atoms with van der Waals surface area (Å²) in [4.78, 5) is 18.1. The molecule has 0 atom stereocenters. The van der Waals surface area contributed by atoms with Crippen LogP contribution in [-0.2, 0) is 5.48 Å². The molecule has 8 rings (SSSR count). The Hall–Kier alpha value is -7.75. The minimum absolute atomic E-state index is 0. The smallest absolute Gasteiger partial charge is 0.870 e. The van der Waals surface area contributed by atoms with Crippen LogP contribution in [0.1, 0.15) is 22.3 Å². The number of nitrogens with one attached hydrogen (secondary N) is 4. The van der Waals surface area contributed by atoms with Crippen LogP contribution in [0.15, 0.2) is 166 Å². The van der Waals surface area contributed by atoms with Gasteiger partial charge >= 0.3 is 76.3 Å². The van der Waals surface area contributed by atoms with E-state index in [1.165, 1.54) is 53.3 Å². The maximum atomic E-state index is 12.2. The summed E-state index contributed by atoms with van der Waals surface area (Å²) >= 11 is 0. The van der Waals surface area contributed by atoms with Crippen LogP contribution in [0.2, 0.25) is 0 Å². The maximum absolute atomic E-state index is 12.2. The van der Waals surface area contributed by atoms with Crippen LogP contribution >= 0.6 is 0 Å². The summed E-state index contributed by atoms with van der Waals surface area (Å²) in [6.45, 7) is 0. The van der Waals surface area contributed by atoms with Crippen molar-refractivity contribution in [1.29, 1.82) is 0 Å². The van der Waals surface area contributed by atoms with Crippen molar-refractivity contribution in [3.05, 3.63) is 168 Å². The second-order valence-corrected chi connectivity index (χ2v) is 16.9. The van der Waals surface area contributed by atoms with E-state index in [2.05, 4.69) is 62.0 Å². The number of aromatic nitrogens is 4. The summed E-state index contributed by atoms with van der Waals surface area (Å²) in [5, 5.41) is 100. The second-order valence-electron chi connectivity index (χ2n) is 15.4. The molecule has 40 heteroatoms. The molecule has 0 bridgehead atoms. The third-order valence-corrected chi connectivity index (χ3v) is 9.97. The second kappa shape index (κ2) is 57.3. The van der Waals surface area contributed by atoms with Crippen molar-refractivity contribution in [2.45, 2.75) is 0 Å². The molecule has 97 heavy (non-hydrogen) atoms. The Balaban J connectivity index is -0.000000323. The van der Waals surface area contributed by atoms with Gasteiger partial charge < -0.3 is 81.3 Å². The predicted octanol–water partition coefficient (Wildman–Crippen LogP) is -7.64. The average molecular weight is 1700 g/mol. The molecule has 536 valence electrons. The number of anilines is 4. The molecule has 4 heterocycles. The van der Waals surface area contributed by atoms with Gasteiger partial charge in [-0.2, -0.15) is 20.4 Å². The van der Waals surface area contributed by atoms with E-state index in [0.29, 0.717) is 68.3 Å². The Morgan fingerprint density at radius 2 is 0.474 bits per heavy atom. The van der Waals surface area contributed by atoms with Gasteiger partial charge in [-0.15, -0.1) is 20.5 Å². The van der Waals surface area contributed by atoms with Gasteiger partial charge in [0.2, 0.25) is 0 Å². The number of aliphatic hydroxyl groups excluding tert-OH is 5. The van der Waals surface area contributed by atoms with E-state index >= 15 is 0 Å². The largest absolute Gasteiger partial charge is 3.00 e. The van der Waals surface area contributed by atoms with Gasteiger partial charge in [-0.25, -0.2) is 57.2 Å². The number of para-hydroxylation sites is 4. The number of pyridine rings is 4. The van der Waals surface area contributed by atoms with E-state index in [9.17, 15) is 20.4 Å². The van der Waals surface area contributed by atoms with E-state index in [0.717, 1.165) is 35.5 Å². The third kappa shape index (κ3) is 39.9. The minimum Gasteiger partial charge on any atom is -0.870 e. The minimum atomic E-state index is -4.94. The van der Waals surface area contributed by atoms with Crippen molar-refractivity contribution < 1.29 is 215 Å². The molecule has 0 unspecified atom stereocenters. The summed E-state index contributed by atoms with van der Waals surface area (Å²) in [5.41, 5.74) is 15.2. The normalized spacial score (nSPS) is 9.75. The number of hydrogen-bond acceptors (Lipinski definition) is 33. The molecule has 0 aliphatic rings. The summed E-state index contributed by atoms with van der Waals surface area (Å²) in [6, 6.07) is 41.3. The number of benzene rings is 4. The molecule has 2 radical (unpaired) electrons. The van der Waals surface area contributed by atoms with Gasteiger partial charge in [0, 0.05) is 35.5 Å². The molecule has 4 aromatic carbocycles. The van der Waals surface area contributed by atoms with Crippen LogP contribution in [0, 0.1) is 96.8 Å². The summed E-state index contributed by atoms with van der Waals surface area (Å²) < 4.78 is 88.1. The molecule has 16 N–H and O–H groups in total. The first kappa shape index (κ1) is 100. The Morgan fingerprint density at radius 3 is 0.629 bits per heavy atom. The third-order valence-electron chi connectivity index (χ3n) is 9.97. The zero-order valence-corrected chi connectivity index (χ0v) is 58.0. The average Bonchev–Trinajstić information content (AvgIpc) is 1.01. The molecule has 0 aliphatic heterocycles. The number of nitrogens with zero attached hydrogens (tertiary/aromatic N) is 8. The fourth-order valence-corrected chi connectivity index (χ4v) is 6.41. The Morgan fingerprint density at radius 1 is 0.320 bits per heavy atom. The van der Waals surface area contributed by atoms with Crippen LogP contribution in [0.5, 0.6) is 46.0 Å². The summed E-state index contributed by atoms with van der Waals surface area (Å²) in [7, 11) is 0.886. The van der Waals surface area contributed by atoms with Crippen LogP contribution in [0.4, 0.5) is 23.3 Å². The molecule has 36 nitrogen and oxygen atoms in total. The van der Waals surface area contributed by atoms with Crippen LogP contribution in [-0.4, -0.2) is 145 Å². The van der Waals surface area contributed by atoms with Crippen LogP contribution in [0.3, 0.4) is 0 Å². The van der Waals surface area contributed by atoms with E-state index < -0.39 is 20.5 Å². The Kier molecular flexibility index (Phi) is 59.3. The first-order chi connectivity index (χ1) is 44.2. The molecule has 0 saturated carbocycles. The maximum Gasteiger partial charge on any atom is 3.00 e. The number of ether oxygens (including phenoxy) is 4. The van der Waals surface area contributed by atoms with E-state index in [1.54, 1.807) is 97.1 Å². The molecule has 4 aromatic heterocycles. The fraction of sp³-hybridized carbons (Fsp3) is 0.158. The van der Waals surface area contributed by atoms with Gasteiger partial charge in [0.15, 0.2) is 0 Å².